The molecule has 0 radical (unpaired) electrons. The van der Waals surface area contributed by atoms with E-state index in [1.165, 1.54) is 10.5 Å². The lowest BCUT2D eigenvalue weighted by molar-refractivity contribution is -0.136. The zero-order valence-electron chi connectivity index (χ0n) is 19.9. The number of ether oxygens (including phenoxy) is 2. The molecule has 0 N–H and O–H groups in total. The van der Waals surface area contributed by atoms with Gasteiger partial charge in [-0.3, -0.25) is 14.7 Å². The second-order valence-electron chi connectivity index (χ2n) is 9.57. The Bertz CT molecular complexity index is 1050. The number of urea groups is 1. The summed E-state index contributed by atoms with van der Waals surface area (Å²) < 4.78 is 10.9. The first kappa shape index (κ1) is 22.7. The summed E-state index contributed by atoms with van der Waals surface area (Å²) in [6, 6.07) is 11.5. The van der Waals surface area contributed by atoms with Gasteiger partial charge < -0.3 is 19.3 Å². The standard InChI is InChI=1S/C26H32N4O4/c1-3-30-25(32)29(17-21-6-4-5-11-27-21)24(31)26(30)9-12-28(13-10-26)16-19(2)14-20-7-8-22-23(15-20)34-18-33-22/h4-8,11,15,19H,3,9-10,12-14,16-18H2,1-2H3/t19-/m0/s1. The van der Waals surface area contributed by atoms with Crippen LogP contribution in [0.25, 0.3) is 0 Å². The van der Waals surface area contributed by atoms with Gasteiger partial charge in [-0.1, -0.05) is 19.1 Å². The van der Waals surface area contributed by atoms with Crippen LogP contribution in [0.3, 0.4) is 0 Å². The summed E-state index contributed by atoms with van der Waals surface area (Å²) in [5, 5.41) is 0. The van der Waals surface area contributed by atoms with Crippen LogP contribution >= 0.6 is 0 Å². The topological polar surface area (TPSA) is 75.2 Å². The maximum atomic E-state index is 13.5. The van der Waals surface area contributed by atoms with Crippen LogP contribution in [0.15, 0.2) is 42.6 Å². The van der Waals surface area contributed by atoms with Crippen LogP contribution in [0.1, 0.15) is 37.9 Å². The molecule has 2 aromatic rings. The Morgan fingerprint density at radius 3 is 2.62 bits per heavy atom. The van der Waals surface area contributed by atoms with Gasteiger partial charge in [0.15, 0.2) is 11.5 Å². The molecule has 3 aliphatic heterocycles. The molecule has 0 unspecified atom stereocenters. The molecule has 8 nitrogen and oxygen atoms in total. The van der Waals surface area contributed by atoms with E-state index in [-0.39, 0.29) is 18.5 Å². The van der Waals surface area contributed by atoms with E-state index in [1.807, 2.05) is 31.2 Å². The number of rotatable bonds is 7. The number of likely N-dealkylation sites (N-methyl/N-ethyl adjacent to an activating group) is 1. The Balaban J connectivity index is 1.20. The number of piperidine rings is 1. The van der Waals surface area contributed by atoms with Crippen LogP contribution < -0.4 is 9.47 Å². The second-order valence-corrected chi connectivity index (χ2v) is 9.57. The Labute approximate surface area is 200 Å². The van der Waals surface area contributed by atoms with E-state index in [2.05, 4.69) is 28.9 Å². The number of carbonyl (C=O) groups is 2. The zero-order chi connectivity index (χ0) is 23.7. The second kappa shape index (κ2) is 9.25. The molecule has 180 valence electrons. The molecule has 4 heterocycles. The number of carbonyl (C=O) groups excluding carboxylic acids is 2. The van der Waals surface area contributed by atoms with E-state index in [0.717, 1.165) is 43.2 Å². The van der Waals surface area contributed by atoms with E-state index in [9.17, 15) is 9.59 Å². The molecular weight excluding hydrogens is 432 g/mol. The van der Waals surface area contributed by atoms with Gasteiger partial charge in [0.1, 0.15) is 5.54 Å². The molecule has 3 amide bonds. The SMILES string of the molecule is CCN1C(=O)N(Cc2ccccn2)C(=O)C12CCN(C[C@@H](C)Cc1ccc3c(c1)OCO3)CC2. The number of nitrogens with zero attached hydrogens (tertiary/aromatic N) is 4. The fourth-order valence-corrected chi connectivity index (χ4v) is 5.58. The van der Waals surface area contributed by atoms with Crippen LogP contribution in [-0.2, 0) is 17.8 Å². The summed E-state index contributed by atoms with van der Waals surface area (Å²) in [6.07, 6.45) is 3.98. The minimum atomic E-state index is -0.725. The van der Waals surface area contributed by atoms with E-state index in [1.54, 1.807) is 11.1 Å². The number of aromatic nitrogens is 1. The highest BCUT2D eigenvalue weighted by molar-refractivity contribution is 6.07. The van der Waals surface area contributed by atoms with Gasteiger partial charge in [0.05, 0.1) is 12.2 Å². The van der Waals surface area contributed by atoms with Gasteiger partial charge in [0.25, 0.3) is 5.91 Å². The van der Waals surface area contributed by atoms with Crippen molar-refractivity contribution in [1.29, 1.82) is 0 Å². The number of hydrogen-bond donors (Lipinski definition) is 0. The highest BCUT2D eigenvalue weighted by atomic mass is 16.7. The average Bonchev–Trinajstić information content (AvgIpc) is 3.38. The minimum Gasteiger partial charge on any atom is -0.454 e. The van der Waals surface area contributed by atoms with E-state index < -0.39 is 5.54 Å². The maximum absolute atomic E-state index is 13.5. The van der Waals surface area contributed by atoms with Crippen LogP contribution in [0.2, 0.25) is 0 Å². The summed E-state index contributed by atoms with van der Waals surface area (Å²) in [7, 11) is 0. The highest BCUT2D eigenvalue weighted by Crippen LogP contribution is 2.38. The number of hydrogen-bond acceptors (Lipinski definition) is 6. The van der Waals surface area contributed by atoms with Crippen molar-refractivity contribution in [2.45, 2.75) is 45.2 Å². The third-order valence-electron chi connectivity index (χ3n) is 7.26. The molecule has 1 aromatic heterocycles. The molecule has 3 aliphatic rings. The first-order chi connectivity index (χ1) is 16.5. The van der Waals surface area contributed by atoms with Gasteiger partial charge in [-0.2, -0.15) is 0 Å². The van der Waals surface area contributed by atoms with Gasteiger partial charge in [-0.15, -0.1) is 0 Å². The Kier molecular flexibility index (Phi) is 6.16. The molecule has 1 spiro atoms. The lowest BCUT2D eigenvalue weighted by Crippen LogP contribution is -2.56. The quantitative estimate of drug-likeness (QED) is 0.586. The van der Waals surface area contributed by atoms with Crippen molar-refractivity contribution in [3.63, 3.8) is 0 Å². The maximum Gasteiger partial charge on any atom is 0.328 e. The molecule has 0 bridgehead atoms. The molecule has 8 heteroatoms. The van der Waals surface area contributed by atoms with Crippen LogP contribution in [0.4, 0.5) is 4.79 Å². The Morgan fingerprint density at radius 2 is 1.88 bits per heavy atom. The molecule has 34 heavy (non-hydrogen) atoms. The number of fused-ring (bicyclic) bond motifs is 1. The van der Waals surface area contributed by atoms with Gasteiger partial charge >= 0.3 is 6.03 Å². The van der Waals surface area contributed by atoms with Crippen molar-refractivity contribution in [2.75, 3.05) is 33.0 Å². The highest BCUT2D eigenvalue weighted by Gasteiger charge is 2.57. The fourth-order valence-electron chi connectivity index (χ4n) is 5.58. The fraction of sp³-hybridized carbons (Fsp3) is 0.500. The van der Waals surface area contributed by atoms with Crippen LogP contribution in [0.5, 0.6) is 11.5 Å². The molecule has 1 atom stereocenters. The predicted octanol–water partition coefficient (Wildman–Crippen LogP) is 3.31. The van der Waals surface area contributed by atoms with Crippen LogP contribution in [0, 0.1) is 5.92 Å². The monoisotopic (exact) mass is 464 g/mol. The average molecular weight is 465 g/mol. The van der Waals surface area contributed by atoms with E-state index >= 15 is 0 Å². The van der Waals surface area contributed by atoms with Crippen molar-refractivity contribution in [3.05, 3.63) is 53.9 Å². The number of pyridine rings is 1. The van der Waals surface area contributed by atoms with Gasteiger partial charge in [-0.05, 0) is 61.9 Å². The Hall–Kier alpha value is -3.13. The molecule has 0 aliphatic carbocycles. The van der Waals surface area contributed by atoms with Crippen molar-refractivity contribution in [3.8, 4) is 11.5 Å². The summed E-state index contributed by atoms with van der Waals surface area (Å²) in [4.78, 5) is 36.6. The van der Waals surface area contributed by atoms with Gasteiger partial charge in [0, 0.05) is 32.4 Å². The normalized spacial score (nSPS) is 20.4. The molecule has 2 saturated heterocycles. The lowest BCUT2D eigenvalue weighted by Gasteiger charge is -2.42. The predicted molar refractivity (Wildman–Crippen MR) is 126 cm³/mol. The van der Waals surface area contributed by atoms with Crippen molar-refractivity contribution in [2.24, 2.45) is 5.92 Å². The number of amides is 3. The smallest absolute Gasteiger partial charge is 0.328 e. The molecule has 0 saturated carbocycles. The first-order valence-corrected chi connectivity index (χ1v) is 12.1. The number of imide groups is 1. The molecule has 5 rings (SSSR count). The third-order valence-corrected chi connectivity index (χ3v) is 7.26. The minimum absolute atomic E-state index is 0.0712. The van der Waals surface area contributed by atoms with Crippen LogP contribution in [-0.4, -0.2) is 70.1 Å². The van der Waals surface area contributed by atoms with E-state index in [0.29, 0.717) is 32.1 Å². The summed E-state index contributed by atoms with van der Waals surface area (Å²) in [6.45, 7) is 7.83. The van der Waals surface area contributed by atoms with Crippen molar-refractivity contribution >= 4 is 11.9 Å². The first-order valence-electron chi connectivity index (χ1n) is 12.1. The van der Waals surface area contributed by atoms with Gasteiger partial charge in [0.2, 0.25) is 6.79 Å². The number of likely N-dealkylation sites (tertiary alicyclic amines) is 1. The van der Waals surface area contributed by atoms with Crippen molar-refractivity contribution in [1.82, 2.24) is 19.7 Å². The van der Waals surface area contributed by atoms with Crippen molar-refractivity contribution < 1.29 is 19.1 Å². The molecular formula is C26H32N4O4. The number of benzene rings is 1. The third kappa shape index (κ3) is 4.11. The summed E-state index contributed by atoms with van der Waals surface area (Å²) in [5.41, 5.74) is 1.24. The molecule has 1 aromatic carbocycles. The Morgan fingerprint density at radius 1 is 1.09 bits per heavy atom. The van der Waals surface area contributed by atoms with Gasteiger partial charge in [-0.25, -0.2) is 4.79 Å². The lowest BCUT2D eigenvalue weighted by atomic mass is 9.85. The zero-order valence-corrected chi connectivity index (χ0v) is 19.9. The van der Waals surface area contributed by atoms with E-state index in [4.69, 9.17) is 9.47 Å². The summed E-state index contributed by atoms with van der Waals surface area (Å²) in [5.74, 6) is 2.02. The summed E-state index contributed by atoms with van der Waals surface area (Å²) >= 11 is 0. The largest absolute Gasteiger partial charge is 0.454 e. The molecule has 2 fully saturated rings.